The summed E-state index contributed by atoms with van der Waals surface area (Å²) in [6.45, 7) is -0.528. The van der Waals surface area contributed by atoms with Gasteiger partial charge in [0.15, 0.2) is 4.90 Å². The Hall–Kier alpha value is -2.49. The van der Waals surface area contributed by atoms with Gasteiger partial charge in [-0.1, -0.05) is 35.9 Å². The molecule has 0 heterocycles. The topological polar surface area (TPSA) is 110 Å². The Bertz CT molecular complexity index is 917. The van der Waals surface area contributed by atoms with E-state index in [9.17, 15) is 23.3 Å². The highest BCUT2D eigenvalue weighted by molar-refractivity contribution is 7.89. The summed E-state index contributed by atoms with van der Waals surface area (Å²) in [5.41, 5.74) is -0.216. The van der Waals surface area contributed by atoms with Gasteiger partial charge in [0.1, 0.15) is 0 Å². The number of carbonyl (C=O) groups is 1. The van der Waals surface area contributed by atoms with Gasteiger partial charge in [-0.05, 0) is 18.2 Å². The number of para-hydroxylation sites is 2. The largest absolute Gasteiger partial charge is 0.324 e. The molecule has 0 aromatic heterocycles. The number of hydrogen-bond acceptors (Lipinski definition) is 5. The van der Waals surface area contributed by atoms with Crippen molar-refractivity contribution >= 4 is 38.9 Å². The van der Waals surface area contributed by atoms with Crippen molar-refractivity contribution in [3.8, 4) is 0 Å². The van der Waals surface area contributed by atoms with Crippen LogP contribution in [0, 0.1) is 10.1 Å². The summed E-state index contributed by atoms with van der Waals surface area (Å²) >= 11 is 5.92. The van der Waals surface area contributed by atoms with E-state index < -0.39 is 38.0 Å². The maximum atomic E-state index is 12.5. The highest BCUT2D eigenvalue weighted by atomic mass is 35.5. The average molecular weight is 384 g/mol. The molecule has 0 aliphatic heterocycles. The van der Waals surface area contributed by atoms with Crippen molar-refractivity contribution in [3.63, 3.8) is 0 Å². The second kappa shape index (κ2) is 7.60. The fourth-order valence-electron chi connectivity index (χ4n) is 2.03. The predicted molar refractivity (Wildman–Crippen MR) is 93.0 cm³/mol. The third kappa shape index (κ3) is 4.32. The highest BCUT2D eigenvalue weighted by Crippen LogP contribution is 2.25. The minimum absolute atomic E-state index is 0.306. The van der Waals surface area contributed by atoms with Gasteiger partial charge in [0.2, 0.25) is 15.9 Å². The molecule has 2 aromatic carbocycles. The Labute approximate surface area is 149 Å². The van der Waals surface area contributed by atoms with Gasteiger partial charge >= 0.3 is 0 Å². The molecule has 132 valence electrons. The molecule has 0 aliphatic rings. The van der Waals surface area contributed by atoms with Crippen LogP contribution in [-0.2, 0) is 14.8 Å². The van der Waals surface area contributed by atoms with Gasteiger partial charge in [0.25, 0.3) is 5.69 Å². The first-order chi connectivity index (χ1) is 11.7. The van der Waals surface area contributed by atoms with E-state index in [4.69, 9.17) is 11.6 Å². The number of amides is 1. The molecular weight excluding hydrogens is 370 g/mol. The summed E-state index contributed by atoms with van der Waals surface area (Å²) in [6, 6.07) is 11.4. The normalized spacial score (nSPS) is 11.3. The summed E-state index contributed by atoms with van der Waals surface area (Å²) in [5, 5.41) is 13.8. The van der Waals surface area contributed by atoms with E-state index in [1.165, 1.54) is 12.1 Å². The number of nitro benzene ring substituents is 1. The van der Waals surface area contributed by atoms with Crippen LogP contribution in [-0.4, -0.2) is 37.1 Å². The molecule has 8 nitrogen and oxygen atoms in total. The van der Waals surface area contributed by atoms with E-state index in [-0.39, 0.29) is 0 Å². The number of hydrogen-bond donors (Lipinski definition) is 1. The van der Waals surface area contributed by atoms with Crippen molar-refractivity contribution in [2.45, 2.75) is 4.90 Å². The van der Waals surface area contributed by atoms with Crippen LogP contribution >= 0.6 is 11.6 Å². The van der Waals surface area contributed by atoms with E-state index >= 15 is 0 Å². The van der Waals surface area contributed by atoms with E-state index in [2.05, 4.69) is 5.32 Å². The Morgan fingerprint density at radius 3 is 2.44 bits per heavy atom. The molecular formula is C15H14ClN3O5S. The van der Waals surface area contributed by atoms with Crippen LogP contribution in [0.1, 0.15) is 0 Å². The van der Waals surface area contributed by atoms with Gasteiger partial charge in [0.05, 0.1) is 22.2 Å². The van der Waals surface area contributed by atoms with Crippen LogP contribution in [0.2, 0.25) is 5.02 Å². The van der Waals surface area contributed by atoms with Gasteiger partial charge in [-0.25, -0.2) is 8.42 Å². The Morgan fingerprint density at radius 2 is 1.80 bits per heavy atom. The minimum Gasteiger partial charge on any atom is -0.324 e. The molecule has 0 radical (unpaired) electrons. The van der Waals surface area contributed by atoms with Crippen molar-refractivity contribution < 1.29 is 18.1 Å². The number of likely N-dealkylation sites (N-methyl/N-ethyl adjacent to an activating group) is 1. The lowest BCUT2D eigenvalue weighted by molar-refractivity contribution is -0.387. The number of halogens is 1. The summed E-state index contributed by atoms with van der Waals surface area (Å²) in [4.78, 5) is 21.8. The monoisotopic (exact) mass is 383 g/mol. The molecule has 0 saturated heterocycles. The van der Waals surface area contributed by atoms with Crippen molar-refractivity contribution in [2.75, 3.05) is 18.9 Å². The SMILES string of the molecule is CN(CC(=O)Nc1ccccc1Cl)S(=O)(=O)c1ccccc1[N+](=O)[O-]. The summed E-state index contributed by atoms with van der Waals surface area (Å²) in [6.07, 6.45) is 0. The first kappa shape index (κ1) is 18.8. The molecule has 0 bridgehead atoms. The molecule has 25 heavy (non-hydrogen) atoms. The fraction of sp³-hybridized carbons (Fsp3) is 0.133. The predicted octanol–water partition coefficient (Wildman–Crippen LogP) is 2.51. The minimum atomic E-state index is -4.21. The Kier molecular flexibility index (Phi) is 5.73. The third-order valence-corrected chi connectivity index (χ3v) is 5.44. The number of rotatable bonds is 6. The number of anilines is 1. The van der Waals surface area contributed by atoms with E-state index in [1.54, 1.807) is 24.3 Å². The summed E-state index contributed by atoms with van der Waals surface area (Å²) in [5.74, 6) is -0.627. The zero-order valence-corrected chi connectivity index (χ0v) is 14.6. The molecule has 0 unspecified atom stereocenters. The first-order valence-electron chi connectivity index (χ1n) is 6.97. The van der Waals surface area contributed by atoms with Gasteiger partial charge in [-0.15, -0.1) is 0 Å². The van der Waals surface area contributed by atoms with E-state index in [0.29, 0.717) is 10.7 Å². The third-order valence-electron chi connectivity index (χ3n) is 3.26. The molecule has 1 N–H and O–H groups in total. The first-order valence-corrected chi connectivity index (χ1v) is 8.79. The maximum absolute atomic E-state index is 12.5. The van der Waals surface area contributed by atoms with E-state index in [0.717, 1.165) is 23.5 Å². The van der Waals surface area contributed by atoms with Crippen LogP contribution in [0.3, 0.4) is 0 Å². The molecule has 0 fully saturated rings. The van der Waals surface area contributed by atoms with Crippen molar-refractivity contribution in [1.29, 1.82) is 0 Å². The van der Waals surface area contributed by atoms with Crippen molar-refractivity contribution in [1.82, 2.24) is 4.31 Å². The summed E-state index contributed by atoms with van der Waals surface area (Å²) < 4.78 is 25.8. The van der Waals surface area contributed by atoms with Crippen molar-refractivity contribution in [2.24, 2.45) is 0 Å². The highest BCUT2D eigenvalue weighted by Gasteiger charge is 2.30. The molecule has 2 aromatic rings. The van der Waals surface area contributed by atoms with Crippen molar-refractivity contribution in [3.05, 3.63) is 63.7 Å². The molecule has 2 rings (SSSR count). The van der Waals surface area contributed by atoms with Crippen LogP contribution in [0.15, 0.2) is 53.4 Å². The van der Waals surface area contributed by atoms with E-state index in [1.807, 2.05) is 0 Å². The second-order valence-electron chi connectivity index (χ2n) is 5.01. The molecule has 10 heteroatoms. The van der Waals surface area contributed by atoms with Gasteiger partial charge in [-0.3, -0.25) is 14.9 Å². The van der Waals surface area contributed by atoms with Crippen LogP contribution in [0.25, 0.3) is 0 Å². The zero-order valence-electron chi connectivity index (χ0n) is 13.0. The number of sulfonamides is 1. The van der Waals surface area contributed by atoms with Gasteiger partial charge < -0.3 is 5.32 Å². The fourth-order valence-corrected chi connectivity index (χ4v) is 3.50. The van der Waals surface area contributed by atoms with Crippen LogP contribution in [0.5, 0.6) is 0 Å². The number of nitrogens with zero attached hydrogens (tertiary/aromatic N) is 2. The Balaban J connectivity index is 2.20. The lowest BCUT2D eigenvalue weighted by Gasteiger charge is -2.17. The number of nitrogens with one attached hydrogen (secondary N) is 1. The second-order valence-corrected chi connectivity index (χ2v) is 7.43. The smallest absolute Gasteiger partial charge is 0.289 e. The lowest BCUT2D eigenvalue weighted by atomic mass is 10.3. The average Bonchev–Trinajstić information content (AvgIpc) is 2.56. The molecule has 1 amide bonds. The van der Waals surface area contributed by atoms with Gasteiger partial charge in [0, 0.05) is 13.1 Å². The summed E-state index contributed by atoms with van der Waals surface area (Å²) in [7, 11) is -3.05. The molecule has 0 atom stereocenters. The Morgan fingerprint density at radius 1 is 1.20 bits per heavy atom. The zero-order chi connectivity index (χ0) is 18.6. The maximum Gasteiger partial charge on any atom is 0.289 e. The molecule has 0 spiro atoms. The standard InChI is InChI=1S/C15H14ClN3O5S/c1-18(10-15(20)17-12-7-3-2-6-11(12)16)25(23,24)14-9-5-4-8-13(14)19(21)22/h2-9H,10H2,1H3,(H,17,20). The number of nitro groups is 1. The quantitative estimate of drug-likeness (QED) is 0.608. The number of carbonyl (C=O) groups excluding carboxylic acids is 1. The molecule has 0 saturated carbocycles. The lowest BCUT2D eigenvalue weighted by Crippen LogP contribution is -2.35. The van der Waals surface area contributed by atoms with Crippen LogP contribution in [0.4, 0.5) is 11.4 Å². The van der Waals surface area contributed by atoms with Crippen LogP contribution < -0.4 is 5.32 Å². The molecule has 0 aliphatic carbocycles. The van der Waals surface area contributed by atoms with Gasteiger partial charge in [-0.2, -0.15) is 4.31 Å². The number of benzene rings is 2.